The predicted molar refractivity (Wildman–Crippen MR) is 275 cm³/mol. The molecule has 0 aromatic heterocycles. The molecular formula is C55H102N2O13. The molecule has 15 nitrogen and oxygen atoms in total. The van der Waals surface area contributed by atoms with E-state index < -0.39 is 29.9 Å². The highest BCUT2D eigenvalue weighted by Crippen LogP contribution is 2.15. The summed E-state index contributed by atoms with van der Waals surface area (Å²) in [6.07, 6.45) is 26.8. The Morgan fingerprint density at radius 1 is 0.343 bits per heavy atom. The molecule has 1 atom stereocenters. The van der Waals surface area contributed by atoms with Gasteiger partial charge < -0.3 is 43.0 Å². The van der Waals surface area contributed by atoms with Crippen LogP contribution in [0.25, 0.3) is 0 Å². The lowest BCUT2D eigenvalue weighted by molar-refractivity contribution is -0.155. The van der Waals surface area contributed by atoms with E-state index in [0.717, 1.165) is 116 Å². The number of esters is 5. The fraction of sp³-hybridized carbons (Fsp3) is 0.891. The summed E-state index contributed by atoms with van der Waals surface area (Å²) in [5, 5.41) is 0. The van der Waals surface area contributed by atoms with Crippen LogP contribution in [0.15, 0.2) is 0 Å². The van der Waals surface area contributed by atoms with Crippen LogP contribution in [0.3, 0.4) is 0 Å². The summed E-state index contributed by atoms with van der Waals surface area (Å²) < 4.78 is 39.2. The van der Waals surface area contributed by atoms with E-state index in [1.165, 1.54) is 49.8 Å². The molecule has 0 saturated heterocycles. The lowest BCUT2D eigenvalue weighted by Gasteiger charge is -2.23. The van der Waals surface area contributed by atoms with Gasteiger partial charge in [-0.2, -0.15) is 0 Å². The summed E-state index contributed by atoms with van der Waals surface area (Å²) in [6.45, 7) is 9.55. The summed E-state index contributed by atoms with van der Waals surface area (Å²) in [5.74, 6) is -3.14. The zero-order valence-electron chi connectivity index (χ0n) is 45.3. The number of carbonyl (C=O) groups is 6. The quantitative estimate of drug-likeness (QED) is 0.0320. The first kappa shape index (κ1) is 66.5. The maximum atomic E-state index is 13.2. The van der Waals surface area contributed by atoms with Crippen LogP contribution in [-0.2, 0) is 57.1 Å². The average molecular weight is 999 g/mol. The number of ether oxygens (including phenoxy) is 7. The Morgan fingerprint density at radius 2 is 0.671 bits per heavy atom. The van der Waals surface area contributed by atoms with Gasteiger partial charge in [0.25, 0.3) is 0 Å². The minimum Gasteiger partial charge on any atom is -0.465 e. The molecule has 15 heteroatoms. The van der Waals surface area contributed by atoms with Gasteiger partial charge in [0.15, 0.2) is 0 Å². The third kappa shape index (κ3) is 44.5. The second kappa shape index (κ2) is 49.1. The van der Waals surface area contributed by atoms with Gasteiger partial charge in [-0.15, -0.1) is 0 Å². The van der Waals surface area contributed by atoms with E-state index in [2.05, 4.69) is 27.7 Å². The number of likely N-dealkylation sites (N-methyl/N-ethyl adjacent to an activating group) is 1. The molecule has 0 bridgehead atoms. The minimum absolute atomic E-state index is 0.0253. The minimum atomic E-state index is -0.657. The van der Waals surface area contributed by atoms with Crippen LogP contribution in [-0.4, -0.2) is 132 Å². The molecule has 0 aromatic carbocycles. The molecule has 0 aliphatic rings. The van der Waals surface area contributed by atoms with Crippen molar-refractivity contribution in [3.05, 3.63) is 0 Å². The van der Waals surface area contributed by atoms with Crippen LogP contribution in [0.2, 0.25) is 0 Å². The van der Waals surface area contributed by atoms with Crippen molar-refractivity contribution in [1.29, 1.82) is 0 Å². The highest BCUT2D eigenvalue weighted by molar-refractivity contribution is 5.72. The number of nitrogens with zero attached hydrogens (tertiary/aromatic N) is 2. The molecule has 0 N–H and O–H groups in total. The second-order valence-corrected chi connectivity index (χ2v) is 19.3. The number of unbranched alkanes of at least 4 members (excludes halogenated alkanes) is 21. The third-order valence-corrected chi connectivity index (χ3v) is 12.1. The molecule has 0 aliphatic carbocycles. The number of hydrogen-bond acceptors (Lipinski definition) is 14. The van der Waals surface area contributed by atoms with Crippen LogP contribution in [0.5, 0.6) is 0 Å². The Kier molecular flexibility index (Phi) is 46.7. The lowest BCUT2D eigenvalue weighted by atomic mass is 10.1. The molecular weight excluding hydrogens is 897 g/mol. The number of amides is 1. The van der Waals surface area contributed by atoms with Gasteiger partial charge in [-0.1, -0.05) is 163 Å². The molecule has 0 saturated carbocycles. The first-order valence-electron chi connectivity index (χ1n) is 27.9. The third-order valence-electron chi connectivity index (χ3n) is 12.1. The normalized spacial score (nSPS) is 11.7. The van der Waals surface area contributed by atoms with Gasteiger partial charge >= 0.3 is 35.9 Å². The van der Waals surface area contributed by atoms with Crippen molar-refractivity contribution >= 4 is 35.9 Å². The van der Waals surface area contributed by atoms with E-state index in [1.54, 1.807) is 0 Å². The molecule has 410 valence electrons. The number of hydrogen-bond donors (Lipinski definition) is 0. The van der Waals surface area contributed by atoms with Crippen molar-refractivity contribution in [1.82, 2.24) is 9.80 Å². The van der Waals surface area contributed by atoms with Crippen molar-refractivity contribution in [3.63, 3.8) is 0 Å². The first-order valence-corrected chi connectivity index (χ1v) is 27.9. The SMILES string of the molecule is CCCCCCCCCOCC(COC(=O)CCCCCCCC)CC(=O)OCCN(CCOC(=O)CC(COC(=O)CCCCCCCC)COC(=O)CCCCCCCC)C(=O)OCCN(C)C. The lowest BCUT2D eigenvalue weighted by Crippen LogP contribution is -2.39. The fourth-order valence-electron chi connectivity index (χ4n) is 7.57. The monoisotopic (exact) mass is 999 g/mol. The van der Waals surface area contributed by atoms with Gasteiger partial charge in [-0.25, -0.2) is 4.79 Å². The second-order valence-electron chi connectivity index (χ2n) is 19.3. The van der Waals surface area contributed by atoms with Crippen molar-refractivity contribution in [2.45, 2.75) is 220 Å². The van der Waals surface area contributed by atoms with Crippen LogP contribution < -0.4 is 0 Å². The topological polar surface area (TPSA) is 174 Å². The Balaban J connectivity index is 5.43. The van der Waals surface area contributed by atoms with Crippen LogP contribution in [0.4, 0.5) is 4.79 Å². The van der Waals surface area contributed by atoms with Crippen LogP contribution >= 0.6 is 0 Å². The first-order chi connectivity index (χ1) is 33.9. The van der Waals surface area contributed by atoms with Gasteiger partial charge in [0.2, 0.25) is 0 Å². The zero-order valence-corrected chi connectivity index (χ0v) is 45.3. The smallest absolute Gasteiger partial charge is 0.410 e. The van der Waals surface area contributed by atoms with E-state index in [-0.39, 0.29) is 103 Å². The molecule has 0 heterocycles. The Bertz CT molecular complexity index is 1270. The maximum absolute atomic E-state index is 13.2. The van der Waals surface area contributed by atoms with E-state index in [1.807, 2.05) is 19.0 Å². The number of rotatable bonds is 50. The predicted octanol–water partition coefficient (Wildman–Crippen LogP) is 11.7. The van der Waals surface area contributed by atoms with Crippen LogP contribution in [0, 0.1) is 11.8 Å². The summed E-state index contributed by atoms with van der Waals surface area (Å²) in [7, 11) is 3.71. The standard InChI is InChI=1S/C55H102N2O13/c1-7-11-15-19-23-27-31-38-64-44-48(45-68-50(58)32-28-24-20-16-12-8-2)42-53(61)65-40-36-57(55(63)67-39-35-56(5)6)37-41-66-54(62)43-49(46-69-51(59)33-29-25-21-17-13-9-3)47-70-52(60)34-30-26-22-18-14-10-4/h48-49H,7-47H2,1-6H3. The zero-order chi connectivity index (χ0) is 51.7. The van der Waals surface area contributed by atoms with Gasteiger partial charge in [-0.3, -0.25) is 24.0 Å². The molecule has 0 spiro atoms. The summed E-state index contributed by atoms with van der Waals surface area (Å²) in [6, 6.07) is 0. The van der Waals surface area contributed by atoms with Crippen LogP contribution in [0.1, 0.15) is 220 Å². The molecule has 1 amide bonds. The van der Waals surface area contributed by atoms with Crippen molar-refractivity contribution in [3.8, 4) is 0 Å². The molecule has 0 radical (unpaired) electrons. The summed E-state index contributed by atoms with van der Waals surface area (Å²) in [5.41, 5.74) is 0. The molecule has 0 rings (SSSR count). The van der Waals surface area contributed by atoms with E-state index in [0.29, 0.717) is 19.6 Å². The summed E-state index contributed by atoms with van der Waals surface area (Å²) >= 11 is 0. The molecule has 1 unspecified atom stereocenters. The summed E-state index contributed by atoms with van der Waals surface area (Å²) in [4.78, 5) is 80.5. The van der Waals surface area contributed by atoms with Crippen molar-refractivity contribution < 1.29 is 61.9 Å². The van der Waals surface area contributed by atoms with Crippen molar-refractivity contribution in [2.24, 2.45) is 11.8 Å². The Hall–Kier alpha value is -3.46. The largest absolute Gasteiger partial charge is 0.465 e. The Morgan fingerprint density at radius 3 is 1.04 bits per heavy atom. The van der Waals surface area contributed by atoms with Gasteiger partial charge in [0.05, 0.1) is 52.4 Å². The highest BCUT2D eigenvalue weighted by Gasteiger charge is 2.23. The van der Waals surface area contributed by atoms with E-state index in [4.69, 9.17) is 33.2 Å². The Labute approximate surface area is 425 Å². The highest BCUT2D eigenvalue weighted by atomic mass is 16.6. The molecule has 70 heavy (non-hydrogen) atoms. The average Bonchev–Trinajstić information content (AvgIpc) is 3.33. The van der Waals surface area contributed by atoms with Gasteiger partial charge in [0.1, 0.15) is 19.8 Å². The molecule has 0 aromatic rings. The molecule has 0 aliphatic heterocycles. The van der Waals surface area contributed by atoms with E-state index in [9.17, 15) is 28.8 Å². The van der Waals surface area contributed by atoms with Gasteiger partial charge in [-0.05, 0) is 39.8 Å². The van der Waals surface area contributed by atoms with Gasteiger partial charge in [0, 0.05) is 44.2 Å². The number of carbonyl (C=O) groups excluding carboxylic acids is 6. The van der Waals surface area contributed by atoms with Crippen molar-refractivity contribution in [2.75, 3.05) is 86.6 Å². The fourth-order valence-corrected chi connectivity index (χ4v) is 7.57. The molecule has 0 fully saturated rings. The van der Waals surface area contributed by atoms with E-state index >= 15 is 0 Å². The maximum Gasteiger partial charge on any atom is 0.410 e.